The number of nitrogens with one attached hydrogen (secondary N) is 2. The van der Waals surface area contributed by atoms with Crippen LogP contribution in [0.4, 0.5) is 0 Å². The number of benzene rings is 2. The fourth-order valence-corrected chi connectivity index (χ4v) is 3.87. The van der Waals surface area contributed by atoms with Crippen molar-refractivity contribution >= 4 is 34.9 Å². The van der Waals surface area contributed by atoms with Gasteiger partial charge in [-0.2, -0.15) is 0 Å². The Hall–Kier alpha value is -2.11. The SMILES string of the molecule is CC(=O)C1=C(C)NC(=S)NC1c1ccc(Sc2ccccc2)cc1. The third kappa shape index (κ3) is 3.68. The van der Waals surface area contributed by atoms with Crippen LogP contribution in [0.15, 0.2) is 75.7 Å². The summed E-state index contributed by atoms with van der Waals surface area (Å²) >= 11 is 6.95. The topological polar surface area (TPSA) is 41.1 Å². The monoisotopic (exact) mass is 354 g/mol. The van der Waals surface area contributed by atoms with Gasteiger partial charge in [0.1, 0.15) is 0 Å². The molecule has 2 N–H and O–H groups in total. The Morgan fingerprint density at radius 2 is 1.67 bits per heavy atom. The van der Waals surface area contributed by atoms with Crippen molar-refractivity contribution in [1.29, 1.82) is 0 Å². The van der Waals surface area contributed by atoms with Gasteiger partial charge in [0.15, 0.2) is 10.9 Å². The molecule has 0 aromatic heterocycles. The molecule has 3 rings (SSSR count). The van der Waals surface area contributed by atoms with Crippen molar-refractivity contribution in [3.8, 4) is 0 Å². The van der Waals surface area contributed by atoms with E-state index in [9.17, 15) is 4.79 Å². The van der Waals surface area contributed by atoms with E-state index >= 15 is 0 Å². The number of allylic oxidation sites excluding steroid dienone is 1. The van der Waals surface area contributed by atoms with Crippen LogP contribution in [0.3, 0.4) is 0 Å². The van der Waals surface area contributed by atoms with Gasteiger partial charge in [-0.25, -0.2) is 0 Å². The third-order valence-electron chi connectivity index (χ3n) is 3.84. The molecule has 0 aliphatic carbocycles. The fraction of sp³-hybridized carbons (Fsp3) is 0.158. The van der Waals surface area contributed by atoms with Crippen molar-refractivity contribution in [3.05, 3.63) is 71.4 Å². The van der Waals surface area contributed by atoms with Gasteiger partial charge in [0.2, 0.25) is 0 Å². The Morgan fingerprint density at radius 1 is 1.04 bits per heavy atom. The lowest BCUT2D eigenvalue weighted by Crippen LogP contribution is -2.44. The molecule has 1 heterocycles. The van der Waals surface area contributed by atoms with E-state index in [4.69, 9.17) is 12.2 Å². The zero-order valence-corrected chi connectivity index (χ0v) is 15.1. The van der Waals surface area contributed by atoms with E-state index in [-0.39, 0.29) is 11.8 Å². The average Bonchev–Trinajstić information content (AvgIpc) is 2.55. The van der Waals surface area contributed by atoms with Gasteiger partial charge < -0.3 is 10.6 Å². The predicted octanol–water partition coefficient (Wildman–Crippen LogP) is 4.22. The lowest BCUT2D eigenvalue weighted by molar-refractivity contribution is -0.114. The molecule has 0 saturated heterocycles. The molecule has 1 aliphatic heterocycles. The minimum atomic E-state index is -0.202. The second kappa shape index (κ2) is 7.20. The number of hydrogen-bond acceptors (Lipinski definition) is 3. The maximum absolute atomic E-state index is 12.0. The summed E-state index contributed by atoms with van der Waals surface area (Å²) in [6.45, 7) is 3.47. The van der Waals surface area contributed by atoms with Crippen LogP contribution >= 0.6 is 24.0 Å². The lowest BCUT2D eigenvalue weighted by atomic mass is 9.93. The highest BCUT2D eigenvalue weighted by Gasteiger charge is 2.27. The first-order valence-electron chi connectivity index (χ1n) is 7.66. The first kappa shape index (κ1) is 16.7. The van der Waals surface area contributed by atoms with E-state index < -0.39 is 0 Å². The summed E-state index contributed by atoms with van der Waals surface area (Å²) in [6.07, 6.45) is 0. The van der Waals surface area contributed by atoms with Crippen molar-refractivity contribution in [2.24, 2.45) is 0 Å². The molecule has 24 heavy (non-hydrogen) atoms. The Morgan fingerprint density at radius 3 is 2.29 bits per heavy atom. The first-order valence-corrected chi connectivity index (χ1v) is 8.89. The Balaban J connectivity index is 1.85. The largest absolute Gasteiger partial charge is 0.351 e. The maximum atomic E-state index is 12.0. The molecule has 2 aromatic rings. The van der Waals surface area contributed by atoms with E-state index in [0.717, 1.165) is 21.7 Å². The second-order valence-electron chi connectivity index (χ2n) is 5.61. The van der Waals surface area contributed by atoms with Gasteiger partial charge in [0.05, 0.1) is 6.04 Å². The normalized spacial score (nSPS) is 17.2. The smallest absolute Gasteiger partial charge is 0.171 e. The van der Waals surface area contributed by atoms with E-state index in [0.29, 0.717) is 5.11 Å². The molecular weight excluding hydrogens is 336 g/mol. The number of thiocarbonyl (C=S) groups is 1. The summed E-state index contributed by atoms with van der Waals surface area (Å²) in [6, 6.07) is 18.3. The molecule has 0 spiro atoms. The quantitative estimate of drug-likeness (QED) is 0.805. The Labute approximate surface area is 151 Å². The number of carbonyl (C=O) groups excluding carboxylic acids is 1. The molecule has 3 nitrogen and oxygen atoms in total. The number of rotatable bonds is 4. The van der Waals surface area contributed by atoms with Gasteiger partial charge in [-0.05, 0) is 55.9 Å². The molecule has 0 radical (unpaired) electrons. The summed E-state index contributed by atoms with van der Waals surface area (Å²) in [5.41, 5.74) is 2.58. The van der Waals surface area contributed by atoms with Gasteiger partial charge in [-0.3, -0.25) is 4.79 Å². The van der Waals surface area contributed by atoms with Crippen LogP contribution in [0, 0.1) is 0 Å². The average molecular weight is 355 g/mol. The zero-order valence-electron chi connectivity index (χ0n) is 13.5. The number of ketones is 1. The molecule has 122 valence electrons. The van der Waals surface area contributed by atoms with Gasteiger partial charge in [0, 0.05) is 21.1 Å². The summed E-state index contributed by atoms with van der Waals surface area (Å²) < 4.78 is 0. The standard InChI is InChI=1S/C19H18N2OS2/c1-12-17(13(2)22)18(21-19(23)20-12)14-8-10-16(11-9-14)24-15-6-4-3-5-7-15/h3-11,18H,1-2H3,(H2,20,21,23). The third-order valence-corrected chi connectivity index (χ3v) is 5.08. The van der Waals surface area contributed by atoms with Crippen molar-refractivity contribution < 1.29 is 4.79 Å². The fourth-order valence-electron chi connectivity index (χ4n) is 2.76. The molecule has 1 unspecified atom stereocenters. The van der Waals surface area contributed by atoms with Crippen molar-refractivity contribution in [1.82, 2.24) is 10.6 Å². The minimum absolute atomic E-state index is 0.0442. The van der Waals surface area contributed by atoms with Crippen molar-refractivity contribution in [2.75, 3.05) is 0 Å². The molecule has 0 amide bonds. The van der Waals surface area contributed by atoms with Crippen LogP contribution in [0.5, 0.6) is 0 Å². The molecule has 0 bridgehead atoms. The Kier molecular flexibility index (Phi) is 5.02. The minimum Gasteiger partial charge on any atom is -0.351 e. The van der Waals surface area contributed by atoms with Crippen molar-refractivity contribution in [3.63, 3.8) is 0 Å². The second-order valence-corrected chi connectivity index (χ2v) is 7.17. The van der Waals surface area contributed by atoms with Crippen LogP contribution in [-0.2, 0) is 4.79 Å². The molecule has 5 heteroatoms. The Bertz CT molecular complexity index is 798. The molecule has 1 atom stereocenters. The maximum Gasteiger partial charge on any atom is 0.171 e. The van der Waals surface area contributed by atoms with Gasteiger partial charge in [-0.15, -0.1) is 0 Å². The molecular formula is C19H18N2OS2. The van der Waals surface area contributed by atoms with E-state index in [1.165, 1.54) is 4.90 Å². The summed E-state index contributed by atoms with van der Waals surface area (Å²) in [7, 11) is 0. The number of hydrogen-bond donors (Lipinski definition) is 2. The summed E-state index contributed by atoms with van der Waals surface area (Å²) in [5, 5.41) is 6.77. The van der Waals surface area contributed by atoms with E-state index in [1.807, 2.05) is 37.3 Å². The highest BCUT2D eigenvalue weighted by Crippen LogP contribution is 2.31. The van der Waals surface area contributed by atoms with Gasteiger partial charge >= 0.3 is 0 Å². The number of carbonyl (C=O) groups is 1. The lowest BCUT2D eigenvalue weighted by Gasteiger charge is -2.29. The first-order chi connectivity index (χ1) is 11.5. The van der Waals surface area contributed by atoms with Crippen LogP contribution < -0.4 is 10.6 Å². The highest BCUT2D eigenvalue weighted by molar-refractivity contribution is 7.99. The van der Waals surface area contributed by atoms with E-state index in [1.54, 1.807) is 18.7 Å². The van der Waals surface area contributed by atoms with Gasteiger partial charge in [0.25, 0.3) is 0 Å². The predicted molar refractivity (Wildman–Crippen MR) is 102 cm³/mol. The molecule has 0 fully saturated rings. The molecule has 2 aromatic carbocycles. The zero-order chi connectivity index (χ0) is 17.1. The summed E-state index contributed by atoms with van der Waals surface area (Å²) in [5.74, 6) is 0.0442. The summed E-state index contributed by atoms with van der Waals surface area (Å²) in [4.78, 5) is 14.4. The van der Waals surface area contributed by atoms with Crippen molar-refractivity contribution in [2.45, 2.75) is 29.7 Å². The molecule has 0 saturated carbocycles. The van der Waals surface area contributed by atoms with Gasteiger partial charge in [-0.1, -0.05) is 42.1 Å². The van der Waals surface area contributed by atoms with E-state index in [2.05, 4.69) is 34.9 Å². The number of Topliss-reactive ketones (excluding diaryl/α,β-unsaturated/α-hetero) is 1. The van der Waals surface area contributed by atoms with Crippen LogP contribution in [-0.4, -0.2) is 10.9 Å². The highest BCUT2D eigenvalue weighted by atomic mass is 32.2. The van der Waals surface area contributed by atoms with Crippen LogP contribution in [0.25, 0.3) is 0 Å². The molecule has 1 aliphatic rings. The van der Waals surface area contributed by atoms with Crippen LogP contribution in [0.2, 0.25) is 0 Å². The van der Waals surface area contributed by atoms with Crippen LogP contribution in [0.1, 0.15) is 25.5 Å².